The zero-order valence-corrected chi connectivity index (χ0v) is 21.9. The van der Waals surface area contributed by atoms with Crippen LogP contribution >= 0.6 is 0 Å². The highest BCUT2D eigenvalue weighted by Gasteiger charge is 2.59. The predicted molar refractivity (Wildman–Crippen MR) is 130 cm³/mol. The second-order valence-electron chi connectivity index (χ2n) is 13.3. The first-order valence-electron chi connectivity index (χ1n) is 13.3. The average molecular weight is 431 g/mol. The minimum atomic E-state index is 0.0155. The Morgan fingerprint density at radius 1 is 1.03 bits per heavy atom. The largest absolute Gasteiger partial charge is 0.379 e. The molecule has 0 N–H and O–H groups in total. The molecule has 0 heterocycles. The van der Waals surface area contributed by atoms with Crippen LogP contribution in [0.5, 0.6) is 0 Å². The molecule has 0 bridgehead atoms. The number of hydrogen-bond donors (Lipinski definition) is 0. The quantitative estimate of drug-likeness (QED) is 0.400. The van der Waals surface area contributed by atoms with E-state index in [9.17, 15) is 0 Å². The lowest BCUT2D eigenvalue weighted by molar-refractivity contribution is -0.0813. The van der Waals surface area contributed by atoms with Crippen molar-refractivity contribution in [2.45, 2.75) is 117 Å². The summed E-state index contributed by atoms with van der Waals surface area (Å²) in [7, 11) is 3.78. The minimum absolute atomic E-state index is 0.0155. The van der Waals surface area contributed by atoms with Crippen molar-refractivity contribution in [1.29, 1.82) is 0 Å². The summed E-state index contributed by atoms with van der Waals surface area (Å²) in [5, 5.41) is 0. The average Bonchev–Trinajstić information content (AvgIpc) is 3.10. The van der Waals surface area contributed by atoms with Crippen molar-refractivity contribution in [3.05, 3.63) is 11.6 Å². The van der Waals surface area contributed by atoms with E-state index < -0.39 is 0 Å². The Kier molecular flexibility index (Phi) is 6.26. The van der Waals surface area contributed by atoms with Crippen LogP contribution in [0.15, 0.2) is 11.6 Å². The number of fused-ring (bicyclic) bond motifs is 5. The highest BCUT2D eigenvalue weighted by Crippen LogP contribution is 2.67. The molecule has 3 saturated carbocycles. The molecule has 3 fully saturated rings. The fraction of sp³-hybridized carbons (Fsp3) is 0.931. The molecule has 178 valence electrons. The second kappa shape index (κ2) is 8.15. The van der Waals surface area contributed by atoms with Crippen LogP contribution in [0.1, 0.15) is 106 Å². The molecule has 4 rings (SSSR count). The van der Waals surface area contributed by atoms with E-state index in [-0.39, 0.29) is 11.2 Å². The first kappa shape index (κ1) is 23.8. The maximum atomic E-state index is 5.94. The monoisotopic (exact) mass is 430 g/mol. The SMILES string of the molecule is COC(C)(C)CC[C@@H](C)[C@H]1CC[C@H]2[C@@H]3CC=C4C[C@@](C)(OC)CC[C@]4(C)[C@H]3CC[C@]12C. The third-order valence-electron chi connectivity index (χ3n) is 11.4. The number of ether oxygens (including phenoxy) is 2. The smallest absolute Gasteiger partial charge is 0.0688 e. The molecule has 0 spiro atoms. The van der Waals surface area contributed by atoms with Gasteiger partial charge in [-0.05, 0) is 125 Å². The Bertz CT molecular complexity index is 695. The fourth-order valence-corrected chi connectivity index (χ4v) is 8.82. The molecule has 0 aromatic heterocycles. The number of hydrogen-bond acceptors (Lipinski definition) is 2. The van der Waals surface area contributed by atoms with E-state index in [1.807, 2.05) is 14.2 Å². The van der Waals surface area contributed by atoms with Crippen LogP contribution in [0.3, 0.4) is 0 Å². The maximum absolute atomic E-state index is 5.94. The third kappa shape index (κ3) is 3.96. The van der Waals surface area contributed by atoms with E-state index in [0.29, 0.717) is 10.8 Å². The lowest BCUT2D eigenvalue weighted by atomic mass is 9.46. The highest BCUT2D eigenvalue weighted by atomic mass is 16.5. The van der Waals surface area contributed by atoms with Gasteiger partial charge < -0.3 is 9.47 Å². The molecular weight excluding hydrogens is 380 g/mol. The van der Waals surface area contributed by atoms with Gasteiger partial charge in [-0.2, -0.15) is 0 Å². The summed E-state index contributed by atoms with van der Waals surface area (Å²) >= 11 is 0. The van der Waals surface area contributed by atoms with E-state index in [4.69, 9.17) is 9.47 Å². The van der Waals surface area contributed by atoms with Gasteiger partial charge in [0, 0.05) is 14.2 Å². The van der Waals surface area contributed by atoms with Gasteiger partial charge in [0.05, 0.1) is 11.2 Å². The van der Waals surface area contributed by atoms with Crippen LogP contribution in [0.2, 0.25) is 0 Å². The molecule has 0 aromatic carbocycles. The van der Waals surface area contributed by atoms with Crippen LogP contribution in [0.4, 0.5) is 0 Å². The first-order valence-corrected chi connectivity index (χ1v) is 13.3. The molecule has 2 heteroatoms. The Balaban J connectivity index is 1.50. The van der Waals surface area contributed by atoms with Crippen LogP contribution in [-0.4, -0.2) is 25.4 Å². The normalized spacial score (nSPS) is 46.0. The van der Waals surface area contributed by atoms with Crippen LogP contribution in [0, 0.1) is 40.4 Å². The predicted octanol–water partition coefficient (Wildman–Crippen LogP) is 7.81. The summed E-state index contributed by atoms with van der Waals surface area (Å²) in [6.45, 7) is 14.7. The van der Waals surface area contributed by atoms with E-state index in [0.717, 1.165) is 36.0 Å². The van der Waals surface area contributed by atoms with Gasteiger partial charge in [-0.1, -0.05) is 32.4 Å². The van der Waals surface area contributed by atoms with Gasteiger partial charge in [0.15, 0.2) is 0 Å². The molecule has 4 aliphatic carbocycles. The summed E-state index contributed by atoms with van der Waals surface area (Å²) < 4.78 is 11.7. The first-order chi connectivity index (χ1) is 14.5. The zero-order chi connectivity index (χ0) is 22.7. The second-order valence-corrected chi connectivity index (χ2v) is 13.3. The van der Waals surface area contributed by atoms with Crippen LogP contribution in [-0.2, 0) is 9.47 Å². The lowest BCUT2D eigenvalue weighted by Crippen LogP contribution is -2.52. The molecule has 0 aromatic rings. The van der Waals surface area contributed by atoms with Crippen LogP contribution < -0.4 is 0 Å². The molecule has 0 saturated heterocycles. The summed E-state index contributed by atoms with van der Waals surface area (Å²) in [5.41, 5.74) is 2.79. The standard InChI is InChI=1S/C29H50O2/c1-20(13-15-26(2,3)30-7)23-11-12-24-22-10-9-21-19-27(4,31-8)17-18-28(21,5)25(22)14-16-29(23,24)6/h9,20,22-25H,10-19H2,1-8H3/t20-,22+,23-,24+,25+,27+,28+,29-/m1/s1. The fourth-order valence-electron chi connectivity index (χ4n) is 8.82. The molecule has 2 nitrogen and oxygen atoms in total. The van der Waals surface area contributed by atoms with Gasteiger partial charge in [-0.25, -0.2) is 0 Å². The lowest BCUT2D eigenvalue weighted by Gasteiger charge is -2.59. The van der Waals surface area contributed by atoms with Crippen molar-refractivity contribution in [1.82, 2.24) is 0 Å². The maximum Gasteiger partial charge on any atom is 0.0688 e. The van der Waals surface area contributed by atoms with Crippen molar-refractivity contribution in [2.75, 3.05) is 14.2 Å². The summed E-state index contributed by atoms with van der Waals surface area (Å²) in [4.78, 5) is 0. The molecular formula is C29H50O2. The van der Waals surface area contributed by atoms with Gasteiger partial charge in [0.2, 0.25) is 0 Å². The minimum Gasteiger partial charge on any atom is -0.379 e. The molecule has 8 atom stereocenters. The zero-order valence-electron chi connectivity index (χ0n) is 21.9. The van der Waals surface area contributed by atoms with Gasteiger partial charge in [-0.3, -0.25) is 0 Å². The third-order valence-corrected chi connectivity index (χ3v) is 11.4. The van der Waals surface area contributed by atoms with Crippen molar-refractivity contribution in [3.8, 4) is 0 Å². The van der Waals surface area contributed by atoms with Gasteiger partial charge >= 0.3 is 0 Å². The van der Waals surface area contributed by atoms with Crippen molar-refractivity contribution < 1.29 is 9.47 Å². The van der Waals surface area contributed by atoms with Crippen LogP contribution in [0.25, 0.3) is 0 Å². The Morgan fingerprint density at radius 2 is 1.77 bits per heavy atom. The van der Waals surface area contributed by atoms with Crippen molar-refractivity contribution in [3.63, 3.8) is 0 Å². The molecule has 31 heavy (non-hydrogen) atoms. The molecule has 0 aliphatic heterocycles. The number of methoxy groups -OCH3 is 2. The number of allylic oxidation sites excluding steroid dienone is 1. The van der Waals surface area contributed by atoms with E-state index in [1.165, 1.54) is 57.8 Å². The summed E-state index contributed by atoms with van der Waals surface area (Å²) in [5.74, 6) is 4.44. The molecule has 0 radical (unpaired) electrons. The Hall–Kier alpha value is -0.340. The van der Waals surface area contributed by atoms with E-state index >= 15 is 0 Å². The van der Waals surface area contributed by atoms with E-state index in [2.05, 4.69) is 47.6 Å². The molecule has 0 unspecified atom stereocenters. The summed E-state index contributed by atoms with van der Waals surface area (Å²) in [6.07, 6.45) is 16.0. The summed E-state index contributed by atoms with van der Waals surface area (Å²) in [6, 6.07) is 0. The van der Waals surface area contributed by atoms with Crippen molar-refractivity contribution in [2.24, 2.45) is 40.4 Å². The van der Waals surface area contributed by atoms with E-state index in [1.54, 1.807) is 5.57 Å². The topological polar surface area (TPSA) is 18.5 Å². The Labute approximate surface area is 192 Å². The van der Waals surface area contributed by atoms with Gasteiger partial charge in [0.25, 0.3) is 0 Å². The Morgan fingerprint density at radius 3 is 2.45 bits per heavy atom. The van der Waals surface area contributed by atoms with Gasteiger partial charge in [0.1, 0.15) is 0 Å². The molecule has 0 amide bonds. The molecule has 4 aliphatic rings. The van der Waals surface area contributed by atoms with Gasteiger partial charge in [-0.15, -0.1) is 0 Å². The highest BCUT2D eigenvalue weighted by molar-refractivity contribution is 5.27. The number of rotatable bonds is 6. The van der Waals surface area contributed by atoms with Crippen molar-refractivity contribution >= 4 is 0 Å².